The van der Waals surface area contributed by atoms with Gasteiger partial charge in [0.05, 0.1) is 24.5 Å². The molecule has 0 aliphatic carbocycles. The number of aryl methyl sites for hydroxylation is 3. The Hall–Kier alpha value is -3.21. The number of carbonyl (C=O) groups is 1. The van der Waals surface area contributed by atoms with E-state index in [1.807, 2.05) is 50.2 Å². The van der Waals surface area contributed by atoms with Gasteiger partial charge in [0.25, 0.3) is 0 Å². The maximum Gasteiger partial charge on any atom is 0.303 e. The SMILES string of the molecule is CCc1ccc(O[C@@H](C)CCOc2ccc(CCC(=O)O)c(C)c2)c(-c2ccco2)c1. The lowest BCUT2D eigenvalue weighted by atomic mass is 10.0. The summed E-state index contributed by atoms with van der Waals surface area (Å²) < 4.78 is 17.7. The first-order chi connectivity index (χ1) is 15.0. The number of carboxylic acid groups (broad SMARTS) is 1. The highest BCUT2D eigenvalue weighted by atomic mass is 16.5. The van der Waals surface area contributed by atoms with E-state index in [-0.39, 0.29) is 12.5 Å². The summed E-state index contributed by atoms with van der Waals surface area (Å²) in [6.07, 6.45) is 3.98. The molecule has 1 atom stereocenters. The Balaban J connectivity index is 1.56. The molecule has 0 fully saturated rings. The highest BCUT2D eigenvalue weighted by molar-refractivity contribution is 5.67. The van der Waals surface area contributed by atoms with Gasteiger partial charge in [-0.1, -0.05) is 19.1 Å². The van der Waals surface area contributed by atoms with Gasteiger partial charge in [-0.2, -0.15) is 0 Å². The van der Waals surface area contributed by atoms with E-state index in [0.717, 1.165) is 46.8 Å². The van der Waals surface area contributed by atoms with Gasteiger partial charge in [-0.15, -0.1) is 0 Å². The fourth-order valence-corrected chi connectivity index (χ4v) is 3.42. The van der Waals surface area contributed by atoms with Gasteiger partial charge in [0.1, 0.15) is 17.3 Å². The smallest absolute Gasteiger partial charge is 0.303 e. The average Bonchev–Trinajstić information content (AvgIpc) is 3.28. The predicted octanol–water partition coefficient (Wildman–Crippen LogP) is 6.07. The largest absolute Gasteiger partial charge is 0.493 e. The molecule has 5 nitrogen and oxygen atoms in total. The molecule has 0 aliphatic rings. The Morgan fingerprint density at radius 2 is 2.00 bits per heavy atom. The third kappa shape index (κ3) is 6.38. The summed E-state index contributed by atoms with van der Waals surface area (Å²) in [6.45, 7) is 6.66. The van der Waals surface area contributed by atoms with Crippen molar-refractivity contribution in [3.63, 3.8) is 0 Å². The van der Waals surface area contributed by atoms with E-state index < -0.39 is 5.97 Å². The topological polar surface area (TPSA) is 68.9 Å². The van der Waals surface area contributed by atoms with Gasteiger partial charge in [-0.3, -0.25) is 4.79 Å². The highest BCUT2D eigenvalue weighted by Crippen LogP contribution is 2.32. The van der Waals surface area contributed by atoms with Crippen LogP contribution >= 0.6 is 0 Å². The fourth-order valence-electron chi connectivity index (χ4n) is 3.42. The predicted molar refractivity (Wildman–Crippen MR) is 121 cm³/mol. The van der Waals surface area contributed by atoms with Crippen LogP contribution < -0.4 is 9.47 Å². The molecule has 1 heterocycles. The minimum atomic E-state index is -0.784. The lowest BCUT2D eigenvalue weighted by Gasteiger charge is -2.18. The third-order valence-electron chi connectivity index (χ3n) is 5.28. The first-order valence-electron chi connectivity index (χ1n) is 10.7. The zero-order valence-corrected chi connectivity index (χ0v) is 18.4. The molecule has 2 aromatic carbocycles. The number of hydrogen-bond donors (Lipinski definition) is 1. The molecule has 5 heteroatoms. The molecular weight excluding hydrogens is 392 g/mol. The second-order valence-electron chi connectivity index (χ2n) is 7.71. The van der Waals surface area contributed by atoms with Gasteiger partial charge in [0.15, 0.2) is 0 Å². The van der Waals surface area contributed by atoms with E-state index in [9.17, 15) is 4.79 Å². The first-order valence-corrected chi connectivity index (χ1v) is 10.7. The van der Waals surface area contributed by atoms with Crippen molar-refractivity contribution < 1.29 is 23.8 Å². The number of carboxylic acids is 1. The van der Waals surface area contributed by atoms with Gasteiger partial charge < -0.3 is 19.0 Å². The van der Waals surface area contributed by atoms with Gasteiger partial charge in [-0.25, -0.2) is 0 Å². The fraction of sp³-hybridized carbons (Fsp3) is 0.346. The highest BCUT2D eigenvalue weighted by Gasteiger charge is 2.13. The van der Waals surface area contributed by atoms with Gasteiger partial charge in [0.2, 0.25) is 0 Å². The van der Waals surface area contributed by atoms with Crippen LogP contribution in [0.5, 0.6) is 11.5 Å². The minimum absolute atomic E-state index is 0.0304. The van der Waals surface area contributed by atoms with Crippen molar-refractivity contribution in [2.24, 2.45) is 0 Å². The van der Waals surface area contributed by atoms with E-state index in [1.165, 1.54) is 5.56 Å². The summed E-state index contributed by atoms with van der Waals surface area (Å²) in [6, 6.07) is 15.8. The summed E-state index contributed by atoms with van der Waals surface area (Å²) in [7, 11) is 0. The molecule has 0 aliphatic heterocycles. The number of benzene rings is 2. The quantitative estimate of drug-likeness (QED) is 0.406. The third-order valence-corrected chi connectivity index (χ3v) is 5.28. The van der Waals surface area contributed by atoms with Crippen LogP contribution in [0.1, 0.15) is 43.4 Å². The van der Waals surface area contributed by atoms with E-state index >= 15 is 0 Å². The monoisotopic (exact) mass is 422 g/mol. The van der Waals surface area contributed by atoms with E-state index in [0.29, 0.717) is 13.0 Å². The summed E-state index contributed by atoms with van der Waals surface area (Å²) in [5.74, 6) is 1.60. The van der Waals surface area contributed by atoms with Crippen molar-refractivity contribution in [3.05, 3.63) is 71.5 Å². The zero-order valence-electron chi connectivity index (χ0n) is 18.4. The first kappa shape index (κ1) is 22.5. The second kappa shape index (κ2) is 10.7. The number of ether oxygens (including phenoxy) is 2. The van der Waals surface area contributed by atoms with Crippen LogP contribution in [0, 0.1) is 6.92 Å². The molecular formula is C26H30O5. The van der Waals surface area contributed by atoms with Crippen molar-refractivity contribution in [2.75, 3.05) is 6.61 Å². The Kier molecular flexibility index (Phi) is 7.76. The minimum Gasteiger partial charge on any atom is -0.493 e. The zero-order chi connectivity index (χ0) is 22.2. The molecule has 0 bridgehead atoms. The van der Waals surface area contributed by atoms with Crippen molar-refractivity contribution in [2.45, 2.75) is 52.6 Å². The van der Waals surface area contributed by atoms with Crippen molar-refractivity contribution in [3.8, 4) is 22.8 Å². The van der Waals surface area contributed by atoms with Crippen LogP contribution in [0.25, 0.3) is 11.3 Å². The van der Waals surface area contributed by atoms with E-state index in [2.05, 4.69) is 19.1 Å². The van der Waals surface area contributed by atoms with Gasteiger partial charge in [-0.05, 0) is 79.8 Å². The molecule has 1 aromatic heterocycles. The van der Waals surface area contributed by atoms with Crippen molar-refractivity contribution in [1.29, 1.82) is 0 Å². The number of hydrogen-bond acceptors (Lipinski definition) is 4. The molecule has 1 N–H and O–H groups in total. The van der Waals surface area contributed by atoms with Crippen molar-refractivity contribution >= 4 is 5.97 Å². The normalized spacial score (nSPS) is 11.8. The molecule has 3 aromatic rings. The molecule has 0 saturated heterocycles. The number of furan rings is 1. The van der Waals surface area contributed by atoms with Gasteiger partial charge in [0, 0.05) is 12.8 Å². The summed E-state index contributed by atoms with van der Waals surface area (Å²) >= 11 is 0. The molecule has 164 valence electrons. The van der Waals surface area contributed by atoms with Crippen LogP contribution in [-0.4, -0.2) is 23.8 Å². The average molecular weight is 423 g/mol. The molecule has 0 amide bonds. The Labute approximate surface area is 183 Å². The maximum absolute atomic E-state index is 10.8. The molecule has 3 rings (SSSR count). The number of aliphatic carboxylic acids is 1. The van der Waals surface area contributed by atoms with Crippen LogP contribution in [0.15, 0.2) is 59.2 Å². The van der Waals surface area contributed by atoms with Crippen LogP contribution in [-0.2, 0) is 17.6 Å². The molecule has 0 saturated carbocycles. The lowest BCUT2D eigenvalue weighted by Crippen LogP contribution is -2.16. The van der Waals surface area contributed by atoms with Gasteiger partial charge >= 0.3 is 5.97 Å². The Morgan fingerprint density at radius 3 is 2.68 bits per heavy atom. The van der Waals surface area contributed by atoms with E-state index in [1.54, 1.807) is 6.26 Å². The molecule has 0 spiro atoms. The van der Waals surface area contributed by atoms with Crippen LogP contribution in [0.2, 0.25) is 0 Å². The summed E-state index contributed by atoms with van der Waals surface area (Å²) in [5.41, 5.74) is 4.27. The Morgan fingerprint density at radius 1 is 1.16 bits per heavy atom. The maximum atomic E-state index is 10.8. The molecule has 0 unspecified atom stereocenters. The molecule has 31 heavy (non-hydrogen) atoms. The second-order valence-corrected chi connectivity index (χ2v) is 7.71. The van der Waals surface area contributed by atoms with E-state index in [4.69, 9.17) is 19.0 Å². The Bertz CT molecular complexity index is 991. The number of rotatable bonds is 11. The van der Waals surface area contributed by atoms with Crippen molar-refractivity contribution in [1.82, 2.24) is 0 Å². The standard InChI is InChI=1S/C26H30O5/c1-4-20-7-11-25(23(17-20)24-6-5-14-30-24)31-19(3)13-15-29-22-10-8-21(18(2)16-22)9-12-26(27)28/h5-8,10-11,14,16-17,19H,4,9,12-13,15H2,1-3H3,(H,27,28)/t19-/m0/s1. The summed E-state index contributed by atoms with van der Waals surface area (Å²) in [4.78, 5) is 10.8. The summed E-state index contributed by atoms with van der Waals surface area (Å²) in [5, 5.41) is 8.85. The van der Waals surface area contributed by atoms with Crippen LogP contribution in [0.3, 0.4) is 0 Å². The van der Waals surface area contributed by atoms with Crippen LogP contribution in [0.4, 0.5) is 0 Å². The lowest BCUT2D eigenvalue weighted by molar-refractivity contribution is -0.136. The molecule has 0 radical (unpaired) electrons.